The molecule has 0 unspecified atom stereocenters. The third-order valence-corrected chi connectivity index (χ3v) is 6.53. The Hall–Kier alpha value is -3.07. The van der Waals surface area contributed by atoms with Crippen molar-refractivity contribution in [2.75, 3.05) is 11.9 Å². The van der Waals surface area contributed by atoms with Gasteiger partial charge in [-0.1, -0.05) is 0 Å². The number of anilines is 2. The van der Waals surface area contributed by atoms with Crippen molar-refractivity contribution in [3.05, 3.63) is 52.9 Å². The van der Waals surface area contributed by atoms with Gasteiger partial charge in [0.15, 0.2) is 10.9 Å². The first-order chi connectivity index (χ1) is 15.8. The van der Waals surface area contributed by atoms with Crippen LogP contribution in [0.1, 0.15) is 36.8 Å². The zero-order chi connectivity index (χ0) is 23.0. The van der Waals surface area contributed by atoms with Gasteiger partial charge in [0.25, 0.3) is 0 Å². The van der Waals surface area contributed by atoms with Crippen molar-refractivity contribution in [1.29, 1.82) is 0 Å². The van der Waals surface area contributed by atoms with Crippen LogP contribution in [-0.4, -0.2) is 23.5 Å². The second-order valence-electron chi connectivity index (χ2n) is 8.22. The molecule has 1 fully saturated rings. The molecule has 0 bridgehead atoms. The van der Waals surface area contributed by atoms with Gasteiger partial charge in [0.1, 0.15) is 18.1 Å². The molecule has 172 valence electrons. The standard InChI is InChI=1S/C24H21F3N2O3S/c25-24(26,27)19-11-16(6-8-22(19)32-18-3-1-2-4-18)28-23-29-20(13-33-23)14-5-7-21-15(9-14)10-17(30)12-31-21/h5-9,11,13,18H,1-4,10,12H2,(H,28,29). The molecule has 0 amide bonds. The number of carbonyl (C=O) groups is 1. The highest BCUT2D eigenvalue weighted by molar-refractivity contribution is 7.14. The highest BCUT2D eigenvalue weighted by Gasteiger charge is 2.35. The first-order valence-corrected chi connectivity index (χ1v) is 11.6. The summed E-state index contributed by atoms with van der Waals surface area (Å²) < 4.78 is 52.1. The Morgan fingerprint density at radius 2 is 1.94 bits per heavy atom. The van der Waals surface area contributed by atoms with Crippen molar-refractivity contribution in [1.82, 2.24) is 4.98 Å². The van der Waals surface area contributed by atoms with E-state index >= 15 is 0 Å². The van der Waals surface area contributed by atoms with Crippen LogP contribution in [0.3, 0.4) is 0 Å². The smallest absolute Gasteiger partial charge is 0.420 e. The van der Waals surface area contributed by atoms with Gasteiger partial charge in [-0.25, -0.2) is 4.98 Å². The summed E-state index contributed by atoms with van der Waals surface area (Å²) in [5.74, 6) is 0.568. The van der Waals surface area contributed by atoms with Crippen molar-refractivity contribution in [2.24, 2.45) is 0 Å². The average molecular weight is 475 g/mol. The fourth-order valence-electron chi connectivity index (χ4n) is 4.14. The minimum atomic E-state index is -4.53. The number of thiazole rings is 1. The van der Waals surface area contributed by atoms with E-state index in [1.165, 1.54) is 17.4 Å². The molecule has 0 spiro atoms. The number of ketones is 1. The first kappa shape index (κ1) is 21.8. The lowest BCUT2D eigenvalue weighted by atomic mass is 10.0. The molecule has 2 aliphatic rings. The van der Waals surface area contributed by atoms with Gasteiger partial charge in [-0.05, 0) is 62.1 Å². The van der Waals surface area contributed by atoms with Crippen LogP contribution in [0, 0.1) is 0 Å². The molecule has 2 aromatic carbocycles. The largest absolute Gasteiger partial charge is 0.490 e. The van der Waals surface area contributed by atoms with Crippen LogP contribution >= 0.6 is 11.3 Å². The lowest BCUT2D eigenvalue weighted by molar-refractivity contribution is -0.139. The number of nitrogens with zero attached hydrogens (tertiary/aromatic N) is 1. The summed E-state index contributed by atoms with van der Waals surface area (Å²) in [7, 11) is 0. The Bertz CT molecular complexity index is 1190. The van der Waals surface area contributed by atoms with E-state index in [2.05, 4.69) is 10.3 Å². The Kier molecular flexibility index (Phi) is 5.74. The zero-order valence-corrected chi connectivity index (χ0v) is 18.4. The molecule has 33 heavy (non-hydrogen) atoms. The number of ether oxygens (including phenoxy) is 2. The summed E-state index contributed by atoms with van der Waals surface area (Å²) in [5, 5.41) is 5.25. The van der Waals surface area contributed by atoms with Gasteiger partial charge in [0, 0.05) is 28.6 Å². The molecule has 2 heterocycles. The first-order valence-electron chi connectivity index (χ1n) is 10.7. The number of hydrogen-bond acceptors (Lipinski definition) is 6. The number of benzene rings is 2. The van der Waals surface area contributed by atoms with Crippen molar-refractivity contribution < 1.29 is 27.4 Å². The molecular weight excluding hydrogens is 453 g/mol. The molecule has 3 aromatic rings. The average Bonchev–Trinajstić information content (AvgIpc) is 3.46. The lowest BCUT2D eigenvalue weighted by Gasteiger charge is -2.19. The summed E-state index contributed by atoms with van der Waals surface area (Å²) in [6.07, 6.45) is -0.860. The van der Waals surface area contributed by atoms with E-state index in [1.807, 2.05) is 23.6 Å². The topological polar surface area (TPSA) is 60.5 Å². The van der Waals surface area contributed by atoms with E-state index < -0.39 is 11.7 Å². The van der Waals surface area contributed by atoms with E-state index in [0.29, 0.717) is 23.0 Å². The molecule has 0 saturated heterocycles. The second-order valence-corrected chi connectivity index (χ2v) is 9.08. The van der Waals surface area contributed by atoms with E-state index in [9.17, 15) is 18.0 Å². The normalized spacial score (nSPS) is 16.4. The molecule has 0 radical (unpaired) electrons. The third-order valence-electron chi connectivity index (χ3n) is 5.77. The molecule has 5 rings (SSSR count). The number of halogens is 3. The SMILES string of the molecule is O=C1COc2ccc(-c3csc(Nc4ccc(OC5CCCC5)c(C(F)(F)F)c4)n3)cc2C1. The van der Waals surface area contributed by atoms with Gasteiger partial charge >= 0.3 is 6.18 Å². The van der Waals surface area contributed by atoms with Crippen molar-refractivity contribution in [3.63, 3.8) is 0 Å². The number of nitrogens with one attached hydrogen (secondary N) is 1. The second kappa shape index (κ2) is 8.70. The Balaban J connectivity index is 1.36. The molecule has 1 aromatic heterocycles. The van der Waals surface area contributed by atoms with Gasteiger partial charge in [-0.2, -0.15) is 13.2 Å². The summed E-state index contributed by atoms with van der Waals surface area (Å²) in [6, 6.07) is 9.53. The van der Waals surface area contributed by atoms with Gasteiger partial charge in [-0.3, -0.25) is 4.79 Å². The summed E-state index contributed by atoms with van der Waals surface area (Å²) in [6.45, 7) is 0.0848. The maximum absolute atomic E-state index is 13.7. The summed E-state index contributed by atoms with van der Waals surface area (Å²) in [5.41, 5.74) is 1.77. The maximum atomic E-state index is 13.7. The highest BCUT2D eigenvalue weighted by atomic mass is 32.1. The fraction of sp³-hybridized carbons (Fsp3) is 0.333. The van der Waals surface area contributed by atoms with Crippen LogP contribution in [0.15, 0.2) is 41.8 Å². The Morgan fingerprint density at radius 1 is 1.12 bits per heavy atom. The van der Waals surface area contributed by atoms with Gasteiger partial charge in [-0.15, -0.1) is 11.3 Å². The Labute approximate surface area is 192 Å². The number of alkyl halides is 3. The molecule has 1 aliphatic heterocycles. The van der Waals surface area contributed by atoms with Crippen molar-refractivity contribution >= 4 is 27.9 Å². The predicted molar refractivity (Wildman–Crippen MR) is 119 cm³/mol. The minimum Gasteiger partial charge on any atom is -0.490 e. The van der Waals surface area contributed by atoms with Gasteiger partial charge in [0.05, 0.1) is 17.4 Å². The fourth-order valence-corrected chi connectivity index (χ4v) is 4.88. The summed E-state index contributed by atoms with van der Waals surface area (Å²) in [4.78, 5) is 16.2. The molecule has 5 nitrogen and oxygen atoms in total. The monoisotopic (exact) mass is 474 g/mol. The van der Waals surface area contributed by atoms with Crippen LogP contribution in [0.25, 0.3) is 11.3 Å². The molecular formula is C24H21F3N2O3S. The van der Waals surface area contributed by atoms with Crippen LogP contribution < -0.4 is 14.8 Å². The van der Waals surface area contributed by atoms with E-state index in [4.69, 9.17) is 9.47 Å². The van der Waals surface area contributed by atoms with Crippen LogP contribution in [0.2, 0.25) is 0 Å². The van der Waals surface area contributed by atoms with Crippen LogP contribution in [0.4, 0.5) is 24.0 Å². The van der Waals surface area contributed by atoms with Crippen LogP contribution in [-0.2, 0) is 17.4 Å². The van der Waals surface area contributed by atoms with Gasteiger partial charge in [0.2, 0.25) is 0 Å². The minimum absolute atomic E-state index is 0.0149. The van der Waals surface area contributed by atoms with Crippen LogP contribution in [0.5, 0.6) is 11.5 Å². The highest BCUT2D eigenvalue weighted by Crippen LogP contribution is 2.40. The van der Waals surface area contributed by atoms with Gasteiger partial charge < -0.3 is 14.8 Å². The van der Waals surface area contributed by atoms with E-state index in [-0.39, 0.29) is 29.9 Å². The van der Waals surface area contributed by atoms with Crippen molar-refractivity contribution in [2.45, 2.75) is 44.4 Å². The molecule has 0 atom stereocenters. The number of rotatable bonds is 5. The quantitative estimate of drug-likeness (QED) is 0.464. The third kappa shape index (κ3) is 4.83. The van der Waals surface area contributed by atoms with E-state index in [1.54, 1.807) is 6.07 Å². The number of hydrogen-bond donors (Lipinski definition) is 1. The van der Waals surface area contributed by atoms with Crippen molar-refractivity contribution in [3.8, 4) is 22.8 Å². The number of aromatic nitrogens is 1. The maximum Gasteiger partial charge on any atom is 0.420 e. The summed E-state index contributed by atoms with van der Waals surface area (Å²) >= 11 is 1.29. The Morgan fingerprint density at radius 3 is 2.73 bits per heavy atom. The number of carbonyl (C=O) groups excluding carboxylic acids is 1. The molecule has 1 N–H and O–H groups in total. The number of Topliss-reactive ketones (excluding diaryl/α,β-unsaturated/α-hetero) is 1. The lowest BCUT2D eigenvalue weighted by Crippen LogP contribution is -2.20. The predicted octanol–water partition coefficient (Wildman–Crippen LogP) is 6.40. The van der Waals surface area contributed by atoms with E-state index in [0.717, 1.165) is 42.9 Å². The number of fused-ring (bicyclic) bond motifs is 1. The molecule has 1 saturated carbocycles. The molecule has 1 aliphatic carbocycles. The molecule has 9 heteroatoms. The zero-order valence-electron chi connectivity index (χ0n) is 17.6.